The van der Waals surface area contributed by atoms with E-state index in [4.69, 9.17) is 0 Å². The highest BCUT2D eigenvalue weighted by atomic mass is 32.2. The number of hydrogen-bond donors (Lipinski definition) is 1. The summed E-state index contributed by atoms with van der Waals surface area (Å²) in [5, 5.41) is 7.93. The number of carbonyl (C=O) groups is 1. The van der Waals surface area contributed by atoms with E-state index in [1.165, 1.54) is 24.8 Å². The number of nitrogens with zero attached hydrogens (tertiary/aromatic N) is 3. The molecule has 0 radical (unpaired) electrons. The predicted octanol–water partition coefficient (Wildman–Crippen LogP) is 3.93. The average Bonchev–Trinajstić information content (AvgIpc) is 3.18. The summed E-state index contributed by atoms with van der Waals surface area (Å²) in [7, 11) is 0. The van der Waals surface area contributed by atoms with Gasteiger partial charge in [0.15, 0.2) is 0 Å². The summed E-state index contributed by atoms with van der Waals surface area (Å²) in [5.41, 5.74) is 1.21. The highest BCUT2D eigenvalue weighted by Gasteiger charge is 2.59. The normalized spacial score (nSPS) is 34.4. The van der Waals surface area contributed by atoms with Gasteiger partial charge in [0.25, 0.3) is 0 Å². The zero-order chi connectivity index (χ0) is 19.4. The monoisotopic (exact) mass is 396 g/mol. The van der Waals surface area contributed by atoms with Gasteiger partial charge in [-0.05, 0) is 76.3 Å². The fraction of sp³-hybridized carbons (Fsp3) is 0.591. The lowest BCUT2D eigenvalue weighted by Crippen LogP contribution is -2.66. The molecule has 4 aliphatic rings. The van der Waals surface area contributed by atoms with Crippen LogP contribution in [-0.2, 0) is 10.3 Å². The molecule has 5 nitrogen and oxygen atoms in total. The predicted molar refractivity (Wildman–Crippen MR) is 110 cm³/mol. The van der Waals surface area contributed by atoms with Gasteiger partial charge >= 0.3 is 0 Å². The average molecular weight is 397 g/mol. The number of hydrogen-bond acceptors (Lipinski definition) is 4. The van der Waals surface area contributed by atoms with Gasteiger partial charge in [0.05, 0.1) is 10.8 Å². The standard InChI is InChI=1S/C22H28N4OS/c1-15-3-5-19(6-4-15)28-16(2)20(27)25-21-8-17-7-18(9-21)11-22(10-17,12-21)26-14-23-13-24-26/h3-6,13-14,16-18H,7-12H2,1-2H3,(H,25,27). The van der Waals surface area contributed by atoms with Crippen molar-refractivity contribution < 1.29 is 4.79 Å². The summed E-state index contributed by atoms with van der Waals surface area (Å²) in [5.74, 6) is 1.54. The molecule has 1 N–H and O–H groups in total. The first-order valence-electron chi connectivity index (χ1n) is 10.4. The Morgan fingerprint density at radius 2 is 1.93 bits per heavy atom. The summed E-state index contributed by atoms with van der Waals surface area (Å²) in [6, 6.07) is 8.42. The second-order valence-electron chi connectivity index (χ2n) is 9.37. The molecule has 28 heavy (non-hydrogen) atoms. The molecule has 4 aliphatic carbocycles. The third kappa shape index (κ3) is 3.15. The molecule has 1 heterocycles. The van der Waals surface area contributed by atoms with E-state index in [1.54, 1.807) is 18.1 Å². The van der Waals surface area contributed by atoms with E-state index >= 15 is 0 Å². The molecule has 1 aromatic carbocycles. The van der Waals surface area contributed by atoms with Crippen molar-refractivity contribution in [3.8, 4) is 0 Å². The molecular weight excluding hydrogens is 368 g/mol. The summed E-state index contributed by atoms with van der Waals surface area (Å²) in [6.07, 6.45) is 10.4. The molecule has 0 aliphatic heterocycles. The first-order valence-corrected chi connectivity index (χ1v) is 11.2. The summed E-state index contributed by atoms with van der Waals surface area (Å²) < 4.78 is 2.09. The van der Waals surface area contributed by atoms with E-state index in [0.717, 1.165) is 24.2 Å². The fourth-order valence-corrected chi connectivity index (χ4v) is 7.19. The lowest BCUT2D eigenvalue weighted by Gasteiger charge is -2.61. The van der Waals surface area contributed by atoms with E-state index < -0.39 is 0 Å². The van der Waals surface area contributed by atoms with Crippen molar-refractivity contribution in [1.29, 1.82) is 0 Å². The van der Waals surface area contributed by atoms with Gasteiger partial charge in [0.1, 0.15) is 12.7 Å². The van der Waals surface area contributed by atoms with Crippen LogP contribution in [0.2, 0.25) is 0 Å². The molecule has 1 amide bonds. The second-order valence-corrected chi connectivity index (χ2v) is 10.8. The largest absolute Gasteiger partial charge is 0.350 e. The van der Waals surface area contributed by atoms with Gasteiger partial charge in [-0.3, -0.25) is 4.79 Å². The smallest absolute Gasteiger partial charge is 0.233 e. The van der Waals surface area contributed by atoms with Gasteiger partial charge in [0.2, 0.25) is 5.91 Å². The van der Waals surface area contributed by atoms with Crippen molar-refractivity contribution >= 4 is 17.7 Å². The van der Waals surface area contributed by atoms with Crippen molar-refractivity contribution in [1.82, 2.24) is 20.1 Å². The van der Waals surface area contributed by atoms with Gasteiger partial charge in [0, 0.05) is 10.4 Å². The van der Waals surface area contributed by atoms with Gasteiger partial charge in [-0.1, -0.05) is 17.7 Å². The Bertz CT molecular complexity index is 849. The van der Waals surface area contributed by atoms with Crippen LogP contribution < -0.4 is 5.32 Å². The van der Waals surface area contributed by atoms with Crippen LogP contribution in [-0.4, -0.2) is 31.5 Å². The third-order valence-corrected chi connectivity index (χ3v) is 8.14. The molecule has 4 bridgehead atoms. The maximum absolute atomic E-state index is 13.1. The molecular formula is C22H28N4OS. The molecule has 6 rings (SSSR count). The zero-order valence-corrected chi connectivity index (χ0v) is 17.4. The number of thioether (sulfide) groups is 1. The summed E-state index contributed by atoms with van der Waals surface area (Å²) in [6.45, 7) is 4.11. The zero-order valence-electron chi connectivity index (χ0n) is 16.6. The summed E-state index contributed by atoms with van der Waals surface area (Å²) >= 11 is 1.65. The van der Waals surface area contributed by atoms with E-state index in [1.807, 2.05) is 13.3 Å². The molecule has 1 aromatic heterocycles. The Kier molecular flexibility index (Phi) is 4.30. The Labute approximate surface area is 170 Å². The molecule has 4 fully saturated rings. The Morgan fingerprint density at radius 1 is 1.21 bits per heavy atom. The lowest BCUT2D eigenvalue weighted by atomic mass is 9.50. The molecule has 3 atom stereocenters. The molecule has 0 spiro atoms. The van der Waals surface area contributed by atoms with Crippen LogP contribution in [0.3, 0.4) is 0 Å². The SMILES string of the molecule is Cc1ccc(SC(C)C(=O)NC23CC4CC(C2)CC(n2cncn2)(C4)C3)cc1. The molecule has 3 unspecified atom stereocenters. The minimum absolute atomic E-state index is 0.0429. The summed E-state index contributed by atoms with van der Waals surface area (Å²) in [4.78, 5) is 18.5. The first-order chi connectivity index (χ1) is 13.5. The Morgan fingerprint density at radius 3 is 2.57 bits per heavy atom. The maximum atomic E-state index is 13.1. The van der Waals surface area contributed by atoms with Crippen LogP contribution in [0.4, 0.5) is 0 Å². The number of nitrogens with one attached hydrogen (secondary N) is 1. The van der Waals surface area contributed by atoms with Gasteiger partial charge in [-0.25, -0.2) is 9.67 Å². The van der Waals surface area contributed by atoms with Crippen molar-refractivity contribution in [2.45, 2.75) is 73.6 Å². The van der Waals surface area contributed by atoms with Gasteiger partial charge in [-0.2, -0.15) is 5.10 Å². The minimum atomic E-state index is -0.0990. The van der Waals surface area contributed by atoms with Crippen LogP contribution >= 0.6 is 11.8 Å². The lowest BCUT2D eigenvalue weighted by molar-refractivity contribution is -0.129. The molecule has 6 heteroatoms. The van der Waals surface area contributed by atoms with Crippen LogP contribution in [0.25, 0.3) is 0 Å². The van der Waals surface area contributed by atoms with Crippen LogP contribution in [0, 0.1) is 18.8 Å². The van der Waals surface area contributed by atoms with E-state index in [9.17, 15) is 4.79 Å². The highest BCUT2D eigenvalue weighted by Crippen LogP contribution is 2.60. The highest BCUT2D eigenvalue weighted by molar-refractivity contribution is 8.00. The minimum Gasteiger partial charge on any atom is -0.350 e. The van der Waals surface area contributed by atoms with Crippen LogP contribution in [0.15, 0.2) is 41.8 Å². The third-order valence-electron chi connectivity index (χ3n) is 7.03. The van der Waals surface area contributed by atoms with Crippen molar-refractivity contribution in [3.63, 3.8) is 0 Å². The van der Waals surface area contributed by atoms with E-state index in [-0.39, 0.29) is 22.2 Å². The van der Waals surface area contributed by atoms with Crippen LogP contribution in [0.5, 0.6) is 0 Å². The van der Waals surface area contributed by atoms with Crippen LogP contribution in [0.1, 0.15) is 51.0 Å². The van der Waals surface area contributed by atoms with Gasteiger partial charge in [-0.15, -0.1) is 11.8 Å². The van der Waals surface area contributed by atoms with Crippen molar-refractivity contribution in [2.24, 2.45) is 11.8 Å². The number of amides is 1. The molecule has 2 aromatic rings. The topological polar surface area (TPSA) is 59.8 Å². The Balaban J connectivity index is 1.33. The molecule has 0 saturated heterocycles. The number of carbonyl (C=O) groups excluding carboxylic acids is 1. The molecule has 148 valence electrons. The fourth-order valence-electron chi connectivity index (χ4n) is 6.32. The number of benzene rings is 1. The van der Waals surface area contributed by atoms with Gasteiger partial charge < -0.3 is 5.32 Å². The quantitative estimate of drug-likeness (QED) is 0.778. The molecule has 4 saturated carbocycles. The number of rotatable bonds is 5. The second kappa shape index (κ2) is 6.61. The number of aromatic nitrogens is 3. The van der Waals surface area contributed by atoms with Crippen molar-refractivity contribution in [3.05, 3.63) is 42.5 Å². The first kappa shape index (κ1) is 18.2. The number of aryl methyl sites for hydroxylation is 1. The van der Waals surface area contributed by atoms with Crippen molar-refractivity contribution in [2.75, 3.05) is 0 Å². The Hall–Kier alpha value is -1.82. The van der Waals surface area contributed by atoms with E-state index in [2.05, 4.69) is 51.3 Å². The maximum Gasteiger partial charge on any atom is 0.233 e. The van der Waals surface area contributed by atoms with E-state index in [0.29, 0.717) is 11.8 Å².